The molecule has 36 heavy (non-hydrogen) atoms. The minimum Gasteiger partial charge on any atom is -0.388 e. The maximum atomic E-state index is 12.9. The van der Waals surface area contributed by atoms with Crippen molar-refractivity contribution in [2.24, 2.45) is 29.6 Å². The summed E-state index contributed by atoms with van der Waals surface area (Å²) >= 11 is 0. The van der Waals surface area contributed by atoms with Crippen LogP contribution in [0, 0.1) is 29.6 Å². The molecule has 2 heterocycles. The van der Waals surface area contributed by atoms with E-state index in [2.05, 4.69) is 15.3 Å². The molecule has 1 aromatic heterocycles. The second-order valence-electron chi connectivity index (χ2n) is 11.9. The largest absolute Gasteiger partial charge is 0.434 e. The molecule has 0 aromatic carbocycles. The summed E-state index contributed by atoms with van der Waals surface area (Å²) in [5.74, 6) is 4.06. The highest BCUT2D eigenvalue weighted by atomic mass is 19.4. The lowest BCUT2D eigenvalue weighted by molar-refractivity contribution is -0.150. The summed E-state index contributed by atoms with van der Waals surface area (Å²) in [5.41, 5.74) is -1.11. The Hall–Kier alpha value is -1.45. The molecule has 9 heteroatoms. The number of anilines is 1. The molecule has 0 spiro atoms. The number of rotatable bonds is 8. The number of nitrogens with zero attached hydrogens (tertiary/aromatic N) is 2. The third-order valence-electron chi connectivity index (χ3n) is 9.42. The van der Waals surface area contributed by atoms with Gasteiger partial charge in [0.05, 0.1) is 31.1 Å². The van der Waals surface area contributed by atoms with Gasteiger partial charge in [-0.25, -0.2) is 4.98 Å². The standard InChI is InChI=1S/C27H40F3N3O3/c28-27(29,30)23-13-31-14-24(33-23)32-21-15-36-22(26(35)25(21)34)12-18-9-17(10-18)6-5-16-7-8-20(11-16)19-3-1-2-4-19/h13-14,16-22,25-26,34-35H,1-12,15H2,(H,32,33)/t16?,17?,18?,20?,21-,22?,25+,26-/m0/s1. The quantitative estimate of drug-likeness (QED) is 0.445. The van der Waals surface area contributed by atoms with Crippen molar-refractivity contribution in [2.45, 2.75) is 108 Å². The van der Waals surface area contributed by atoms with Gasteiger partial charge in [-0.1, -0.05) is 44.9 Å². The summed E-state index contributed by atoms with van der Waals surface area (Å²) in [4.78, 5) is 7.09. The molecule has 3 N–H and O–H groups in total. The highest BCUT2D eigenvalue weighted by molar-refractivity contribution is 5.34. The Labute approximate surface area is 211 Å². The van der Waals surface area contributed by atoms with E-state index in [1.165, 1.54) is 57.8 Å². The second kappa shape index (κ2) is 11.1. The maximum Gasteiger partial charge on any atom is 0.434 e. The van der Waals surface area contributed by atoms with E-state index in [1.54, 1.807) is 0 Å². The second-order valence-corrected chi connectivity index (χ2v) is 11.9. The molecule has 1 aromatic rings. The van der Waals surface area contributed by atoms with E-state index in [-0.39, 0.29) is 12.4 Å². The fourth-order valence-corrected chi connectivity index (χ4v) is 7.31. The van der Waals surface area contributed by atoms with Crippen LogP contribution in [-0.2, 0) is 10.9 Å². The predicted octanol–water partition coefficient (Wildman–Crippen LogP) is 5.20. The lowest BCUT2D eigenvalue weighted by atomic mass is 9.69. The van der Waals surface area contributed by atoms with Crippen LogP contribution in [0.4, 0.5) is 19.0 Å². The molecule has 4 fully saturated rings. The first-order valence-electron chi connectivity index (χ1n) is 13.9. The zero-order chi connectivity index (χ0) is 25.3. The van der Waals surface area contributed by atoms with Gasteiger partial charge in [0.15, 0.2) is 5.69 Å². The van der Waals surface area contributed by atoms with Crippen molar-refractivity contribution in [3.8, 4) is 0 Å². The Morgan fingerprint density at radius 2 is 1.64 bits per heavy atom. The molecule has 6 atom stereocenters. The number of aliphatic hydroxyl groups is 2. The Balaban J connectivity index is 1.01. The third-order valence-corrected chi connectivity index (χ3v) is 9.42. The monoisotopic (exact) mass is 511 g/mol. The first-order chi connectivity index (χ1) is 17.3. The highest BCUT2D eigenvalue weighted by Crippen LogP contribution is 2.46. The predicted molar refractivity (Wildman–Crippen MR) is 129 cm³/mol. The normalized spacial score (nSPS) is 37.7. The third kappa shape index (κ3) is 6.16. The summed E-state index contributed by atoms with van der Waals surface area (Å²) in [5, 5.41) is 24.0. The number of nitrogens with one attached hydrogen (secondary N) is 1. The van der Waals surface area contributed by atoms with Crippen molar-refractivity contribution in [2.75, 3.05) is 11.9 Å². The van der Waals surface area contributed by atoms with Crippen LogP contribution < -0.4 is 5.32 Å². The minimum absolute atomic E-state index is 0.0841. The molecular weight excluding hydrogens is 471 g/mol. The first kappa shape index (κ1) is 26.2. The molecule has 0 radical (unpaired) electrons. The molecule has 1 saturated heterocycles. The van der Waals surface area contributed by atoms with Crippen LogP contribution in [0.2, 0.25) is 0 Å². The van der Waals surface area contributed by atoms with Gasteiger partial charge in [0.25, 0.3) is 0 Å². The maximum absolute atomic E-state index is 12.9. The average molecular weight is 512 g/mol. The molecule has 3 saturated carbocycles. The lowest BCUT2D eigenvalue weighted by Crippen LogP contribution is -2.56. The van der Waals surface area contributed by atoms with E-state index in [9.17, 15) is 23.4 Å². The molecule has 4 aliphatic rings. The van der Waals surface area contributed by atoms with Crippen LogP contribution in [-0.4, -0.2) is 51.1 Å². The van der Waals surface area contributed by atoms with Crippen molar-refractivity contribution in [1.29, 1.82) is 0 Å². The van der Waals surface area contributed by atoms with E-state index in [1.807, 2.05) is 0 Å². The topological polar surface area (TPSA) is 87.5 Å². The van der Waals surface area contributed by atoms with Gasteiger partial charge in [0.1, 0.15) is 18.0 Å². The van der Waals surface area contributed by atoms with Gasteiger partial charge in [-0.05, 0) is 61.7 Å². The average Bonchev–Trinajstić information content (AvgIpc) is 3.51. The van der Waals surface area contributed by atoms with Crippen molar-refractivity contribution >= 4 is 5.82 Å². The Bertz CT molecular complexity index is 860. The highest BCUT2D eigenvalue weighted by Gasteiger charge is 2.42. The van der Waals surface area contributed by atoms with Gasteiger partial charge in [0.2, 0.25) is 0 Å². The molecule has 202 valence electrons. The molecular formula is C27H40F3N3O3. The molecule has 3 aliphatic carbocycles. The first-order valence-corrected chi connectivity index (χ1v) is 13.9. The van der Waals surface area contributed by atoms with E-state index in [4.69, 9.17) is 4.74 Å². The number of ether oxygens (including phenoxy) is 1. The molecule has 3 unspecified atom stereocenters. The van der Waals surface area contributed by atoms with Crippen LogP contribution in [0.1, 0.15) is 82.7 Å². The SMILES string of the molecule is O[C@@H]1[C@@H](Nc2cncc(C(F)(F)F)n2)COC(CC2CC(CCC3CCC(C4CCCC4)C3)C2)[C@@H]1O. The van der Waals surface area contributed by atoms with E-state index in [0.717, 1.165) is 42.7 Å². The number of hydrogen-bond donors (Lipinski definition) is 3. The Morgan fingerprint density at radius 3 is 2.39 bits per heavy atom. The van der Waals surface area contributed by atoms with Crippen LogP contribution >= 0.6 is 0 Å². The summed E-state index contributed by atoms with van der Waals surface area (Å²) in [7, 11) is 0. The molecule has 1 aliphatic heterocycles. The Morgan fingerprint density at radius 1 is 0.889 bits per heavy atom. The van der Waals surface area contributed by atoms with E-state index in [0.29, 0.717) is 18.5 Å². The summed E-state index contributed by atoms with van der Waals surface area (Å²) in [6, 6.07) is -0.761. The van der Waals surface area contributed by atoms with E-state index >= 15 is 0 Å². The van der Waals surface area contributed by atoms with Gasteiger partial charge < -0.3 is 20.3 Å². The van der Waals surface area contributed by atoms with Gasteiger partial charge in [-0.2, -0.15) is 13.2 Å². The summed E-state index contributed by atoms with van der Waals surface area (Å²) in [6.07, 6.45) is 10.3. The molecule has 0 amide bonds. The molecule has 0 bridgehead atoms. The number of aromatic nitrogens is 2. The van der Waals surface area contributed by atoms with Gasteiger partial charge in [0, 0.05) is 0 Å². The van der Waals surface area contributed by atoms with Crippen molar-refractivity contribution in [1.82, 2.24) is 9.97 Å². The number of hydrogen-bond acceptors (Lipinski definition) is 6. The molecule has 6 nitrogen and oxygen atoms in total. The van der Waals surface area contributed by atoms with Crippen LogP contribution in [0.25, 0.3) is 0 Å². The number of alkyl halides is 3. The molecule has 5 rings (SSSR count). The zero-order valence-corrected chi connectivity index (χ0v) is 20.9. The zero-order valence-electron chi connectivity index (χ0n) is 20.9. The van der Waals surface area contributed by atoms with Crippen LogP contribution in [0.15, 0.2) is 12.4 Å². The van der Waals surface area contributed by atoms with Crippen LogP contribution in [0.5, 0.6) is 0 Å². The fraction of sp³-hybridized carbons (Fsp3) is 0.852. The number of aliphatic hydroxyl groups excluding tert-OH is 2. The Kier molecular flexibility index (Phi) is 8.08. The smallest absolute Gasteiger partial charge is 0.388 e. The van der Waals surface area contributed by atoms with E-state index < -0.39 is 36.2 Å². The summed E-state index contributed by atoms with van der Waals surface area (Å²) < 4.78 is 44.5. The minimum atomic E-state index is -4.60. The van der Waals surface area contributed by atoms with Crippen LogP contribution in [0.3, 0.4) is 0 Å². The van der Waals surface area contributed by atoms with Gasteiger partial charge in [-0.15, -0.1) is 0 Å². The lowest BCUT2D eigenvalue weighted by Gasteiger charge is -2.43. The van der Waals surface area contributed by atoms with Crippen molar-refractivity contribution in [3.63, 3.8) is 0 Å². The number of halogens is 3. The van der Waals surface area contributed by atoms with Crippen molar-refractivity contribution < 1.29 is 28.1 Å². The fourth-order valence-electron chi connectivity index (χ4n) is 7.31. The summed E-state index contributed by atoms with van der Waals surface area (Å²) in [6.45, 7) is 0.0841. The van der Waals surface area contributed by atoms with Gasteiger partial charge in [-0.3, -0.25) is 4.98 Å². The van der Waals surface area contributed by atoms with Crippen molar-refractivity contribution in [3.05, 3.63) is 18.1 Å². The van der Waals surface area contributed by atoms with Gasteiger partial charge >= 0.3 is 6.18 Å².